The molecule has 2 rings (SSSR count). The third kappa shape index (κ3) is 1.74. The van der Waals surface area contributed by atoms with Gasteiger partial charge in [-0.05, 0) is 50.5 Å². The van der Waals surface area contributed by atoms with Gasteiger partial charge in [-0.3, -0.25) is 5.10 Å². The minimum Gasteiger partial charge on any atom is -0.496 e. The Bertz CT molecular complexity index is 600. The van der Waals surface area contributed by atoms with Gasteiger partial charge in [-0.15, -0.1) is 0 Å². The SMILES string of the molecule is COc1c(C)cc(-c2n[nH]c(C)c2N)c(C)c1C. The number of nitrogens with zero attached hydrogens (tertiary/aromatic N) is 1. The van der Waals surface area contributed by atoms with Crippen molar-refractivity contribution in [3.05, 3.63) is 28.5 Å². The average Bonchev–Trinajstić information content (AvgIpc) is 2.66. The van der Waals surface area contributed by atoms with Gasteiger partial charge in [0.25, 0.3) is 0 Å². The third-order valence-electron chi connectivity index (χ3n) is 3.48. The number of rotatable bonds is 2. The van der Waals surface area contributed by atoms with Crippen LogP contribution in [0.1, 0.15) is 22.4 Å². The fraction of sp³-hybridized carbons (Fsp3) is 0.357. The van der Waals surface area contributed by atoms with Gasteiger partial charge in [0.2, 0.25) is 0 Å². The molecule has 0 saturated carbocycles. The van der Waals surface area contributed by atoms with E-state index < -0.39 is 0 Å². The van der Waals surface area contributed by atoms with Crippen molar-refractivity contribution in [2.75, 3.05) is 12.8 Å². The molecule has 18 heavy (non-hydrogen) atoms. The van der Waals surface area contributed by atoms with Crippen molar-refractivity contribution in [3.8, 4) is 17.0 Å². The molecular weight excluding hydrogens is 226 g/mol. The summed E-state index contributed by atoms with van der Waals surface area (Å²) in [5.41, 5.74) is 12.9. The second-order valence-corrected chi connectivity index (χ2v) is 4.64. The molecule has 0 amide bonds. The van der Waals surface area contributed by atoms with Gasteiger partial charge in [-0.25, -0.2) is 0 Å². The number of ether oxygens (including phenoxy) is 1. The van der Waals surface area contributed by atoms with Crippen LogP contribution in [0, 0.1) is 27.7 Å². The van der Waals surface area contributed by atoms with E-state index in [0.717, 1.165) is 39.4 Å². The quantitative estimate of drug-likeness (QED) is 0.855. The summed E-state index contributed by atoms with van der Waals surface area (Å²) in [7, 11) is 1.70. The van der Waals surface area contributed by atoms with Crippen LogP contribution in [0.25, 0.3) is 11.3 Å². The lowest BCUT2D eigenvalue weighted by molar-refractivity contribution is 0.408. The van der Waals surface area contributed by atoms with Crippen molar-refractivity contribution in [2.24, 2.45) is 0 Å². The molecular formula is C14H19N3O. The van der Waals surface area contributed by atoms with E-state index in [1.54, 1.807) is 7.11 Å². The molecule has 3 N–H and O–H groups in total. The Morgan fingerprint density at radius 3 is 2.33 bits per heavy atom. The molecule has 0 fully saturated rings. The monoisotopic (exact) mass is 245 g/mol. The number of benzene rings is 1. The number of methoxy groups -OCH3 is 1. The normalized spacial score (nSPS) is 10.7. The van der Waals surface area contributed by atoms with Crippen LogP contribution in [0.15, 0.2) is 6.07 Å². The van der Waals surface area contributed by atoms with Crippen molar-refractivity contribution in [1.82, 2.24) is 10.2 Å². The smallest absolute Gasteiger partial charge is 0.124 e. The maximum atomic E-state index is 6.05. The van der Waals surface area contributed by atoms with Gasteiger partial charge < -0.3 is 10.5 Å². The van der Waals surface area contributed by atoms with Gasteiger partial charge >= 0.3 is 0 Å². The number of hydrogen-bond acceptors (Lipinski definition) is 3. The maximum absolute atomic E-state index is 6.05. The lowest BCUT2D eigenvalue weighted by atomic mass is 9.96. The summed E-state index contributed by atoms with van der Waals surface area (Å²) >= 11 is 0. The van der Waals surface area contributed by atoms with Crippen LogP contribution in [-0.2, 0) is 0 Å². The zero-order valence-corrected chi connectivity index (χ0v) is 11.5. The van der Waals surface area contributed by atoms with Crippen molar-refractivity contribution >= 4 is 5.69 Å². The number of H-pyrrole nitrogens is 1. The Balaban J connectivity index is 2.70. The highest BCUT2D eigenvalue weighted by Crippen LogP contribution is 2.36. The molecule has 0 radical (unpaired) electrons. The van der Waals surface area contributed by atoms with Gasteiger partial charge in [-0.1, -0.05) is 0 Å². The Labute approximate surface area is 107 Å². The molecule has 0 saturated heterocycles. The number of aryl methyl sites for hydroxylation is 2. The lowest BCUT2D eigenvalue weighted by Gasteiger charge is -2.14. The number of hydrogen-bond donors (Lipinski definition) is 2. The number of nitrogens with two attached hydrogens (primary N) is 1. The van der Waals surface area contributed by atoms with Crippen LogP contribution in [0.2, 0.25) is 0 Å². The highest BCUT2D eigenvalue weighted by atomic mass is 16.5. The Hall–Kier alpha value is -1.97. The van der Waals surface area contributed by atoms with E-state index in [1.165, 1.54) is 0 Å². The zero-order valence-electron chi connectivity index (χ0n) is 11.5. The van der Waals surface area contributed by atoms with E-state index in [-0.39, 0.29) is 0 Å². The summed E-state index contributed by atoms with van der Waals surface area (Å²) in [5.74, 6) is 0.932. The molecule has 1 aromatic carbocycles. The fourth-order valence-corrected chi connectivity index (χ4v) is 2.26. The van der Waals surface area contributed by atoms with E-state index in [1.807, 2.05) is 13.8 Å². The van der Waals surface area contributed by atoms with E-state index in [2.05, 4.69) is 30.1 Å². The summed E-state index contributed by atoms with van der Waals surface area (Å²) in [4.78, 5) is 0. The average molecular weight is 245 g/mol. The van der Waals surface area contributed by atoms with Gasteiger partial charge in [0.1, 0.15) is 11.4 Å². The highest BCUT2D eigenvalue weighted by molar-refractivity contribution is 5.78. The second kappa shape index (κ2) is 4.37. The van der Waals surface area contributed by atoms with Crippen molar-refractivity contribution < 1.29 is 4.74 Å². The molecule has 0 spiro atoms. The van der Waals surface area contributed by atoms with Crippen molar-refractivity contribution in [1.29, 1.82) is 0 Å². The first-order chi connectivity index (χ1) is 8.47. The zero-order chi connectivity index (χ0) is 13.4. The highest BCUT2D eigenvalue weighted by Gasteiger charge is 2.16. The molecule has 4 heteroatoms. The van der Waals surface area contributed by atoms with Gasteiger partial charge in [-0.2, -0.15) is 5.10 Å². The Kier molecular flexibility index (Phi) is 3.03. The molecule has 0 unspecified atom stereocenters. The van der Waals surface area contributed by atoms with Crippen molar-refractivity contribution in [3.63, 3.8) is 0 Å². The van der Waals surface area contributed by atoms with E-state index in [9.17, 15) is 0 Å². The number of aromatic amines is 1. The number of anilines is 1. The Morgan fingerprint density at radius 1 is 1.17 bits per heavy atom. The first-order valence-corrected chi connectivity index (χ1v) is 5.93. The predicted octanol–water partition coefficient (Wildman–Crippen LogP) is 2.90. The first kappa shape index (κ1) is 12.5. The molecule has 0 aliphatic rings. The second-order valence-electron chi connectivity index (χ2n) is 4.64. The van der Waals surface area contributed by atoms with Gasteiger partial charge in [0.15, 0.2) is 0 Å². The third-order valence-corrected chi connectivity index (χ3v) is 3.48. The largest absolute Gasteiger partial charge is 0.496 e. The number of nitrogens with one attached hydrogen (secondary N) is 1. The first-order valence-electron chi connectivity index (χ1n) is 5.93. The van der Waals surface area contributed by atoms with Gasteiger partial charge in [0.05, 0.1) is 18.5 Å². The number of nitrogen functional groups attached to an aromatic ring is 1. The van der Waals surface area contributed by atoms with E-state index in [4.69, 9.17) is 10.5 Å². The lowest BCUT2D eigenvalue weighted by Crippen LogP contribution is -1.98. The predicted molar refractivity (Wildman–Crippen MR) is 73.9 cm³/mol. The van der Waals surface area contributed by atoms with Crippen LogP contribution in [0.3, 0.4) is 0 Å². The molecule has 1 heterocycles. The summed E-state index contributed by atoms with van der Waals surface area (Å²) in [5, 5.41) is 7.22. The van der Waals surface area contributed by atoms with Crippen LogP contribution >= 0.6 is 0 Å². The molecule has 0 aliphatic heterocycles. The fourth-order valence-electron chi connectivity index (χ4n) is 2.26. The Morgan fingerprint density at radius 2 is 1.83 bits per heavy atom. The van der Waals surface area contributed by atoms with Crippen LogP contribution in [0.5, 0.6) is 5.75 Å². The van der Waals surface area contributed by atoms with Crippen LogP contribution in [-0.4, -0.2) is 17.3 Å². The molecule has 0 bridgehead atoms. The molecule has 4 nitrogen and oxygen atoms in total. The molecule has 96 valence electrons. The summed E-state index contributed by atoms with van der Waals surface area (Å²) in [6.45, 7) is 8.07. The summed E-state index contributed by atoms with van der Waals surface area (Å²) in [6, 6.07) is 2.08. The van der Waals surface area contributed by atoms with Crippen LogP contribution in [0.4, 0.5) is 5.69 Å². The summed E-state index contributed by atoms with van der Waals surface area (Å²) in [6.07, 6.45) is 0. The standard InChI is InChI=1S/C14H19N3O/c1-7-6-11(8(2)9(3)14(7)18-5)13-12(15)10(4)16-17-13/h6H,15H2,1-5H3,(H,16,17). The summed E-state index contributed by atoms with van der Waals surface area (Å²) < 4.78 is 5.42. The van der Waals surface area contributed by atoms with E-state index >= 15 is 0 Å². The minimum atomic E-state index is 0.710. The molecule has 0 aliphatic carbocycles. The molecule has 0 atom stereocenters. The van der Waals surface area contributed by atoms with Crippen molar-refractivity contribution in [2.45, 2.75) is 27.7 Å². The van der Waals surface area contributed by atoms with Crippen LogP contribution < -0.4 is 10.5 Å². The molecule has 1 aromatic heterocycles. The topological polar surface area (TPSA) is 63.9 Å². The number of aromatic nitrogens is 2. The van der Waals surface area contributed by atoms with Gasteiger partial charge in [0, 0.05) is 5.56 Å². The minimum absolute atomic E-state index is 0.710. The maximum Gasteiger partial charge on any atom is 0.124 e. The molecule has 2 aromatic rings. The van der Waals surface area contributed by atoms with E-state index in [0.29, 0.717) is 5.69 Å².